The van der Waals surface area contributed by atoms with Gasteiger partial charge in [0.2, 0.25) is 5.95 Å². The number of hydrogen-bond donors (Lipinski definition) is 1. The van der Waals surface area contributed by atoms with Crippen LogP contribution in [0.3, 0.4) is 0 Å². The van der Waals surface area contributed by atoms with Crippen LogP contribution in [-0.2, 0) is 0 Å². The molecule has 0 bridgehead atoms. The Hall–Kier alpha value is -2.54. The van der Waals surface area contributed by atoms with Crippen LogP contribution < -0.4 is 4.90 Å². The zero-order valence-electron chi connectivity index (χ0n) is 13.9. The smallest absolute Gasteiger partial charge is 0.272 e. The number of aliphatic hydroxyl groups is 1. The maximum absolute atomic E-state index is 12.5. The lowest BCUT2D eigenvalue weighted by molar-refractivity contribution is 0.0261. The molecule has 7 nitrogen and oxygen atoms in total. The minimum Gasteiger partial charge on any atom is -0.386 e. The molecule has 1 aliphatic heterocycles. The standard InChI is InChI=1S/C17H21N5O2/c1-13-5-3-6-14(20-13)15(23)21(2)11-17(24)7-10-22(12-17)16-18-8-4-9-19-16/h3-6,8-9,24H,7,10-12H2,1-2H3/t17-/m1/s1. The summed E-state index contributed by atoms with van der Waals surface area (Å²) in [6.45, 7) is 3.14. The van der Waals surface area contributed by atoms with Crippen molar-refractivity contribution in [3.05, 3.63) is 48.0 Å². The van der Waals surface area contributed by atoms with Gasteiger partial charge in [-0.3, -0.25) is 4.79 Å². The van der Waals surface area contributed by atoms with Crippen LogP contribution in [0.1, 0.15) is 22.6 Å². The molecule has 0 aromatic carbocycles. The SMILES string of the molecule is Cc1cccc(C(=O)N(C)C[C@]2(O)CCN(c3ncccn3)C2)n1. The minimum absolute atomic E-state index is 0.193. The zero-order valence-corrected chi connectivity index (χ0v) is 13.9. The minimum atomic E-state index is -0.979. The quantitative estimate of drug-likeness (QED) is 0.898. The molecular weight excluding hydrogens is 306 g/mol. The summed E-state index contributed by atoms with van der Waals surface area (Å²) in [7, 11) is 1.69. The van der Waals surface area contributed by atoms with E-state index in [4.69, 9.17) is 0 Å². The summed E-state index contributed by atoms with van der Waals surface area (Å²) in [4.78, 5) is 28.6. The van der Waals surface area contributed by atoms with E-state index in [1.807, 2.05) is 24.0 Å². The van der Waals surface area contributed by atoms with Crippen LogP contribution >= 0.6 is 0 Å². The number of aromatic nitrogens is 3. The average Bonchev–Trinajstić information content (AvgIpc) is 2.97. The van der Waals surface area contributed by atoms with Crippen molar-refractivity contribution < 1.29 is 9.90 Å². The Morgan fingerprint density at radius 3 is 2.79 bits per heavy atom. The number of pyridine rings is 1. The van der Waals surface area contributed by atoms with Gasteiger partial charge in [-0.1, -0.05) is 6.07 Å². The van der Waals surface area contributed by atoms with Crippen LogP contribution in [0.4, 0.5) is 5.95 Å². The third kappa shape index (κ3) is 3.51. The zero-order chi connectivity index (χ0) is 17.2. The average molecular weight is 327 g/mol. The number of hydrogen-bond acceptors (Lipinski definition) is 6. The molecule has 1 fully saturated rings. The molecule has 1 amide bonds. The number of amides is 1. The highest BCUT2D eigenvalue weighted by Gasteiger charge is 2.39. The van der Waals surface area contributed by atoms with Crippen molar-refractivity contribution in [3.63, 3.8) is 0 Å². The van der Waals surface area contributed by atoms with Crippen LogP contribution in [-0.4, -0.2) is 63.1 Å². The number of anilines is 1. The van der Waals surface area contributed by atoms with Gasteiger partial charge in [-0.15, -0.1) is 0 Å². The molecule has 0 saturated carbocycles. The normalized spacial score (nSPS) is 20.2. The number of likely N-dealkylation sites (N-methyl/N-ethyl adjacent to an activating group) is 1. The van der Waals surface area contributed by atoms with E-state index in [0.29, 0.717) is 31.2 Å². The molecule has 0 spiro atoms. The van der Waals surface area contributed by atoms with Gasteiger partial charge in [0, 0.05) is 31.7 Å². The molecule has 126 valence electrons. The van der Waals surface area contributed by atoms with Gasteiger partial charge >= 0.3 is 0 Å². The first-order chi connectivity index (χ1) is 11.5. The Balaban J connectivity index is 1.66. The summed E-state index contributed by atoms with van der Waals surface area (Å²) >= 11 is 0. The van der Waals surface area contributed by atoms with E-state index in [9.17, 15) is 9.90 Å². The van der Waals surface area contributed by atoms with Crippen LogP contribution in [0, 0.1) is 6.92 Å². The molecule has 1 aliphatic rings. The molecule has 2 aromatic heterocycles. The number of carbonyl (C=O) groups is 1. The maximum atomic E-state index is 12.5. The van der Waals surface area contributed by atoms with Gasteiger partial charge < -0.3 is 14.9 Å². The molecule has 0 unspecified atom stereocenters. The van der Waals surface area contributed by atoms with Gasteiger partial charge in [-0.2, -0.15) is 0 Å². The van der Waals surface area contributed by atoms with Crippen LogP contribution in [0.5, 0.6) is 0 Å². The molecule has 24 heavy (non-hydrogen) atoms. The molecule has 1 saturated heterocycles. The fourth-order valence-corrected chi connectivity index (χ4v) is 2.98. The summed E-state index contributed by atoms with van der Waals surface area (Å²) < 4.78 is 0. The summed E-state index contributed by atoms with van der Waals surface area (Å²) in [6, 6.07) is 7.10. The molecule has 1 N–H and O–H groups in total. The van der Waals surface area contributed by atoms with E-state index in [1.165, 1.54) is 4.90 Å². The summed E-state index contributed by atoms with van der Waals surface area (Å²) in [5.41, 5.74) is 0.205. The van der Waals surface area contributed by atoms with Gasteiger partial charge in [0.15, 0.2) is 0 Å². The summed E-state index contributed by atoms with van der Waals surface area (Å²) in [5.74, 6) is 0.407. The molecule has 2 aromatic rings. The Morgan fingerprint density at radius 1 is 1.33 bits per heavy atom. The van der Waals surface area contributed by atoms with Crippen molar-refractivity contribution in [2.24, 2.45) is 0 Å². The second-order valence-corrected chi connectivity index (χ2v) is 6.27. The highest BCUT2D eigenvalue weighted by atomic mass is 16.3. The maximum Gasteiger partial charge on any atom is 0.272 e. The third-order valence-corrected chi connectivity index (χ3v) is 4.15. The van der Waals surface area contributed by atoms with Crippen molar-refractivity contribution in [1.82, 2.24) is 19.9 Å². The predicted octanol–water partition coefficient (Wildman–Crippen LogP) is 0.893. The first kappa shape index (κ1) is 16.3. The van der Waals surface area contributed by atoms with E-state index in [2.05, 4.69) is 15.0 Å². The second kappa shape index (κ2) is 6.52. The van der Waals surface area contributed by atoms with Gasteiger partial charge in [-0.25, -0.2) is 15.0 Å². The Bertz CT molecular complexity index is 724. The fourth-order valence-electron chi connectivity index (χ4n) is 2.98. The molecule has 7 heteroatoms. The number of carbonyl (C=O) groups excluding carboxylic acids is 1. The van der Waals surface area contributed by atoms with Gasteiger partial charge in [0.05, 0.1) is 13.1 Å². The summed E-state index contributed by atoms with van der Waals surface area (Å²) in [6.07, 6.45) is 3.92. The largest absolute Gasteiger partial charge is 0.386 e. The van der Waals surface area contributed by atoms with E-state index < -0.39 is 5.60 Å². The monoisotopic (exact) mass is 327 g/mol. The topological polar surface area (TPSA) is 82.5 Å². The van der Waals surface area contributed by atoms with E-state index in [1.54, 1.807) is 31.6 Å². The highest BCUT2D eigenvalue weighted by Crippen LogP contribution is 2.25. The van der Waals surface area contributed by atoms with E-state index >= 15 is 0 Å². The lowest BCUT2D eigenvalue weighted by Gasteiger charge is -2.28. The lowest BCUT2D eigenvalue weighted by Crippen LogP contribution is -2.46. The number of rotatable bonds is 4. The van der Waals surface area contributed by atoms with Crippen molar-refractivity contribution in [1.29, 1.82) is 0 Å². The molecule has 1 atom stereocenters. The van der Waals surface area contributed by atoms with Crippen molar-refractivity contribution >= 4 is 11.9 Å². The summed E-state index contributed by atoms with van der Waals surface area (Å²) in [5, 5.41) is 10.8. The second-order valence-electron chi connectivity index (χ2n) is 6.27. The lowest BCUT2D eigenvalue weighted by atomic mass is 10.0. The van der Waals surface area contributed by atoms with Crippen molar-refractivity contribution in [3.8, 4) is 0 Å². The molecule has 0 aliphatic carbocycles. The Labute approximate surface area is 141 Å². The van der Waals surface area contributed by atoms with E-state index in [0.717, 1.165) is 5.69 Å². The van der Waals surface area contributed by atoms with Crippen molar-refractivity contribution in [2.75, 3.05) is 31.6 Å². The molecule has 3 rings (SSSR count). The first-order valence-electron chi connectivity index (χ1n) is 7.90. The third-order valence-electron chi connectivity index (χ3n) is 4.15. The first-order valence-corrected chi connectivity index (χ1v) is 7.90. The molecular formula is C17H21N5O2. The Morgan fingerprint density at radius 2 is 2.08 bits per heavy atom. The predicted molar refractivity (Wildman–Crippen MR) is 89.7 cm³/mol. The number of β-amino-alcohol motifs (C(OH)–C–C–N with tert-alkyl or cyclic N) is 1. The number of aryl methyl sites for hydroxylation is 1. The molecule has 3 heterocycles. The Kier molecular flexibility index (Phi) is 4.44. The van der Waals surface area contributed by atoms with Crippen LogP contribution in [0.15, 0.2) is 36.7 Å². The highest BCUT2D eigenvalue weighted by molar-refractivity contribution is 5.92. The van der Waals surface area contributed by atoms with Crippen LogP contribution in [0.2, 0.25) is 0 Å². The van der Waals surface area contributed by atoms with Crippen molar-refractivity contribution in [2.45, 2.75) is 18.9 Å². The van der Waals surface area contributed by atoms with Gasteiger partial charge in [0.1, 0.15) is 11.3 Å². The van der Waals surface area contributed by atoms with Crippen LogP contribution in [0.25, 0.3) is 0 Å². The van der Waals surface area contributed by atoms with E-state index in [-0.39, 0.29) is 12.5 Å². The van der Waals surface area contributed by atoms with Gasteiger partial charge in [-0.05, 0) is 31.5 Å². The molecule has 0 radical (unpaired) electrons. The van der Waals surface area contributed by atoms with Gasteiger partial charge in [0.25, 0.3) is 5.91 Å². The number of nitrogens with zero attached hydrogens (tertiary/aromatic N) is 5. The fraction of sp³-hybridized carbons (Fsp3) is 0.412.